The Morgan fingerprint density at radius 2 is 1.90 bits per heavy atom. The van der Waals surface area contributed by atoms with Gasteiger partial charge in [0.25, 0.3) is 0 Å². The number of carbonyl (C=O) groups excluding carboxylic acids is 3. The number of anilines is 1. The van der Waals surface area contributed by atoms with Crippen molar-refractivity contribution in [3.05, 3.63) is 29.8 Å². The maximum atomic E-state index is 14.3. The zero-order chi connectivity index (χ0) is 29.0. The number of carbonyl (C=O) groups is 3. The standard InChI is InChI=1S/C29H39N5O5S/c1-28(2,3)15-24(33(4)25(35)23(13-18-9-10-18)32-40(38,39)20-11-12-20)26(36)34-17-29(14-19(34)16-30)21-7-5-6-8-22(21)31-27(29)37/h5-8,18-20,23-24,32H,9-15,17H2,1-4H3,(H,31,37)/t19-,23-,24-,29-/m0/s1. The van der Waals surface area contributed by atoms with E-state index in [2.05, 4.69) is 16.1 Å². The van der Waals surface area contributed by atoms with Gasteiger partial charge in [0.15, 0.2) is 0 Å². The second-order valence-electron chi connectivity index (χ2n) is 13.2. The minimum Gasteiger partial charge on any atom is -0.332 e. The largest absolute Gasteiger partial charge is 0.332 e. The Kier molecular flexibility index (Phi) is 7.24. The fraction of sp³-hybridized carbons (Fsp3) is 0.655. The van der Waals surface area contributed by atoms with Crippen LogP contribution in [0, 0.1) is 22.7 Å². The first kappa shape index (κ1) is 28.6. The number of sulfonamides is 1. The molecular weight excluding hydrogens is 530 g/mol. The van der Waals surface area contributed by atoms with Crippen molar-refractivity contribution in [3.8, 4) is 6.07 Å². The van der Waals surface area contributed by atoms with Crippen LogP contribution in [0.2, 0.25) is 0 Å². The highest BCUT2D eigenvalue weighted by Gasteiger charge is 2.57. The normalized spacial score (nSPS) is 25.7. The van der Waals surface area contributed by atoms with Gasteiger partial charge in [0, 0.05) is 25.7 Å². The minimum atomic E-state index is -3.62. The summed E-state index contributed by atoms with van der Waals surface area (Å²) in [4.78, 5) is 44.2. The molecule has 1 aromatic carbocycles. The Hall–Kier alpha value is -2.97. The van der Waals surface area contributed by atoms with Gasteiger partial charge in [-0.25, -0.2) is 13.1 Å². The van der Waals surface area contributed by atoms with E-state index in [0.717, 1.165) is 18.4 Å². The van der Waals surface area contributed by atoms with Crippen LogP contribution in [0.4, 0.5) is 5.69 Å². The van der Waals surface area contributed by atoms with Gasteiger partial charge in [-0.3, -0.25) is 14.4 Å². The highest BCUT2D eigenvalue weighted by Crippen LogP contribution is 2.46. The molecule has 0 radical (unpaired) electrons. The molecular formula is C29H39N5O5S. The van der Waals surface area contributed by atoms with E-state index in [0.29, 0.717) is 31.4 Å². The number of hydrogen-bond donors (Lipinski definition) is 2. The fourth-order valence-corrected chi connectivity index (χ4v) is 7.65. The Morgan fingerprint density at radius 1 is 1.23 bits per heavy atom. The molecule has 0 bridgehead atoms. The lowest BCUT2D eigenvalue weighted by atomic mass is 9.80. The predicted molar refractivity (Wildman–Crippen MR) is 149 cm³/mol. The zero-order valence-corrected chi connectivity index (χ0v) is 24.5. The van der Waals surface area contributed by atoms with Gasteiger partial charge in [0.1, 0.15) is 18.1 Å². The van der Waals surface area contributed by atoms with E-state index in [4.69, 9.17) is 0 Å². The Balaban J connectivity index is 1.43. The number of para-hydroxylation sites is 1. The van der Waals surface area contributed by atoms with Crippen LogP contribution in [0.5, 0.6) is 0 Å². The first-order valence-corrected chi connectivity index (χ1v) is 15.7. The summed E-state index contributed by atoms with van der Waals surface area (Å²) in [5.74, 6) is -0.796. The van der Waals surface area contributed by atoms with Gasteiger partial charge in [-0.15, -0.1) is 0 Å². The zero-order valence-electron chi connectivity index (χ0n) is 23.6. The molecule has 0 aromatic heterocycles. The van der Waals surface area contributed by atoms with Crippen molar-refractivity contribution in [1.29, 1.82) is 5.26 Å². The van der Waals surface area contributed by atoms with Crippen molar-refractivity contribution in [3.63, 3.8) is 0 Å². The third kappa shape index (κ3) is 5.48. The lowest BCUT2D eigenvalue weighted by Gasteiger charge is -2.37. The number of likely N-dealkylation sites (N-methyl/N-ethyl adjacent to an activating group) is 1. The van der Waals surface area contributed by atoms with Crippen molar-refractivity contribution in [2.75, 3.05) is 18.9 Å². The highest BCUT2D eigenvalue weighted by atomic mass is 32.2. The summed E-state index contributed by atoms with van der Waals surface area (Å²) in [7, 11) is -2.07. The highest BCUT2D eigenvalue weighted by molar-refractivity contribution is 7.90. The molecule has 0 unspecified atom stereocenters. The number of nitrogens with zero attached hydrogens (tertiary/aromatic N) is 3. The number of rotatable bonds is 9. The minimum absolute atomic E-state index is 0.0371. The van der Waals surface area contributed by atoms with Gasteiger partial charge >= 0.3 is 0 Å². The Labute approximate surface area is 236 Å². The van der Waals surface area contributed by atoms with E-state index in [1.807, 2.05) is 45.0 Å². The van der Waals surface area contributed by atoms with Crippen LogP contribution in [0.25, 0.3) is 0 Å². The molecule has 4 aliphatic rings. The number of hydrogen-bond acceptors (Lipinski definition) is 6. The summed E-state index contributed by atoms with van der Waals surface area (Å²) >= 11 is 0. The average Bonchev–Trinajstić information content (AvgIpc) is 3.83. The van der Waals surface area contributed by atoms with Gasteiger partial charge in [0.05, 0.1) is 16.7 Å². The summed E-state index contributed by atoms with van der Waals surface area (Å²) < 4.78 is 28.3. The number of likely N-dealkylation sites (tertiary alicyclic amines) is 1. The van der Waals surface area contributed by atoms with Crippen LogP contribution in [0.3, 0.4) is 0 Å². The SMILES string of the molecule is CN(C(=O)[C@H](CC1CC1)NS(=O)(=O)C1CC1)[C@@H](CC(C)(C)C)C(=O)N1C[C@]2(C[C@H]1C#N)C(=O)Nc1ccccc12. The summed E-state index contributed by atoms with van der Waals surface area (Å²) in [6.45, 7) is 5.94. The van der Waals surface area contributed by atoms with Gasteiger partial charge in [-0.2, -0.15) is 5.26 Å². The number of benzene rings is 1. The Bertz CT molecular complexity index is 1360. The molecule has 10 nitrogen and oxygen atoms in total. The van der Waals surface area contributed by atoms with E-state index in [1.54, 1.807) is 7.05 Å². The van der Waals surface area contributed by atoms with Crippen molar-refractivity contribution >= 4 is 33.4 Å². The van der Waals surface area contributed by atoms with E-state index < -0.39 is 50.6 Å². The lowest BCUT2D eigenvalue weighted by molar-refractivity contribution is -0.147. The molecule has 2 N–H and O–H groups in total. The molecule has 1 spiro atoms. The molecule has 3 fully saturated rings. The molecule has 40 heavy (non-hydrogen) atoms. The predicted octanol–water partition coefficient (Wildman–Crippen LogP) is 2.51. The molecule has 11 heteroatoms. The molecule has 3 amide bonds. The van der Waals surface area contributed by atoms with E-state index >= 15 is 0 Å². The second-order valence-corrected chi connectivity index (χ2v) is 15.2. The molecule has 1 saturated heterocycles. The van der Waals surface area contributed by atoms with E-state index in [-0.39, 0.29) is 30.2 Å². The Morgan fingerprint density at radius 3 is 2.50 bits per heavy atom. The van der Waals surface area contributed by atoms with Gasteiger partial charge in [-0.05, 0) is 48.6 Å². The van der Waals surface area contributed by atoms with Crippen LogP contribution in [0.1, 0.15) is 71.3 Å². The van der Waals surface area contributed by atoms with Gasteiger partial charge in [-0.1, -0.05) is 51.8 Å². The molecule has 2 aliphatic heterocycles. The maximum absolute atomic E-state index is 14.3. The monoisotopic (exact) mass is 569 g/mol. The molecule has 4 atom stereocenters. The fourth-order valence-electron chi connectivity index (χ4n) is 6.11. The maximum Gasteiger partial charge on any atom is 0.246 e. The number of fused-ring (bicyclic) bond motifs is 2. The number of nitrogens with one attached hydrogen (secondary N) is 2. The molecule has 1 aromatic rings. The lowest BCUT2D eigenvalue weighted by Crippen LogP contribution is -2.57. The van der Waals surface area contributed by atoms with Crippen molar-refractivity contribution in [2.45, 2.75) is 94.5 Å². The van der Waals surface area contributed by atoms with Gasteiger partial charge in [0.2, 0.25) is 27.7 Å². The molecule has 216 valence electrons. The molecule has 2 saturated carbocycles. The van der Waals surface area contributed by atoms with Crippen LogP contribution < -0.4 is 10.0 Å². The quantitative estimate of drug-likeness (QED) is 0.468. The summed E-state index contributed by atoms with van der Waals surface area (Å²) in [6.07, 6.45) is 3.95. The summed E-state index contributed by atoms with van der Waals surface area (Å²) in [5.41, 5.74) is 0.0653. The third-order valence-corrected chi connectivity index (χ3v) is 10.6. The first-order valence-electron chi connectivity index (χ1n) is 14.1. The van der Waals surface area contributed by atoms with Crippen molar-refractivity contribution in [1.82, 2.24) is 14.5 Å². The first-order chi connectivity index (χ1) is 18.8. The van der Waals surface area contributed by atoms with Crippen LogP contribution in [-0.4, -0.2) is 72.9 Å². The average molecular weight is 570 g/mol. The van der Waals surface area contributed by atoms with Crippen LogP contribution in [-0.2, 0) is 29.8 Å². The smallest absolute Gasteiger partial charge is 0.246 e. The molecule has 2 aliphatic carbocycles. The number of nitriles is 1. The summed E-state index contributed by atoms with van der Waals surface area (Å²) in [5, 5.41) is 12.5. The van der Waals surface area contributed by atoms with E-state index in [1.165, 1.54) is 9.80 Å². The van der Waals surface area contributed by atoms with Crippen molar-refractivity contribution < 1.29 is 22.8 Å². The number of amides is 3. The van der Waals surface area contributed by atoms with E-state index in [9.17, 15) is 28.1 Å². The summed E-state index contributed by atoms with van der Waals surface area (Å²) in [6, 6.07) is 6.84. The van der Waals surface area contributed by atoms with Crippen LogP contribution in [0.15, 0.2) is 24.3 Å². The molecule has 2 heterocycles. The third-order valence-electron chi connectivity index (χ3n) is 8.66. The second kappa shape index (κ2) is 10.1. The van der Waals surface area contributed by atoms with Crippen molar-refractivity contribution in [2.24, 2.45) is 11.3 Å². The molecule has 5 rings (SSSR count). The van der Waals surface area contributed by atoms with Crippen LogP contribution >= 0.6 is 0 Å². The topological polar surface area (TPSA) is 140 Å². The van der Waals surface area contributed by atoms with Gasteiger partial charge < -0.3 is 15.1 Å².